The lowest BCUT2D eigenvalue weighted by molar-refractivity contribution is 0.0919. The Kier molecular flexibility index (Phi) is 3.56. The monoisotopic (exact) mass is 222 g/mol. The zero-order valence-corrected chi connectivity index (χ0v) is 9.28. The zero-order chi connectivity index (χ0) is 11.4. The summed E-state index contributed by atoms with van der Waals surface area (Å²) in [5.74, 6) is 0.428. The third-order valence-electron chi connectivity index (χ3n) is 3.28. The van der Waals surface area contributed by atoms with Gasteiger partial charge in [0.15, 0.2) is 0 Å². The van der Waals surface area contributed by atoms with Crippen molar-refractivity contribution < 1.29 is 4.79 Å². The molecule has 88 valence electrons. The van der Waals surface area contributed by atoms with Crippen LogP contribution in [0.25, 0.3) is 0 Å². The third kappa shape index (κ3) is 2.41. The van der Waals surface area contributed by atoms with Crippen molar-refractivity contribution in [1.29, 1.82) is 0 Å². The summed E-state index contributed by atoms with van der Waals surface area (Å²) < 4.78 is 0. The second-order valence-corrected chi connectivity index (χ2v) is 4.33. The highest BCUT2D eigenvalue weighted by Gasteiger charge is 2.25. The van der Waals surface area contributed by atoms with Crippen LogP contribution in [0.2, 0.25) is 0 Å². The number of H-pyrrole nitrogens is 1. The number of amides is 1. The van der Waals surface area contributed by atoms with E-state index < -0.39 is 0 Å². The Morgan fingerprint density at radius 1 is 1.62 bits per heavy atom. The molecule has 1 fully saturated rings. The first kappa shape index (κ1) is 11.1. The second kappa shape index (κ2) is 5.12. The molecule has 0 spiro atoms. The van der Waals surface area contributed by atoms with E-state index in [2.05, 4.69) is 15.3 Å². The van der Waals surface area contributed by atoms with Gasteiger partial charge in [-0.3, -0.25) is 4.79 Å². The fourth-order valence-electron chi connectivity index (χ4n) is 2.36. The summed E-state index contributed by atoms with van der Waals surface area (Å²) in [6, 6.07) is 0.0956. The SMILES string of the molecule is NCC(NC(=O)c1cnc[nH]1)C1CCCC1. The van der Waals surface area contributed by atoms with E-state index in [9.17, 15) is 4.79 Å². The lowest BCUT2D eigenvalue weighted by Gasteiger charge is -2.22. The number of aromatic nitrogens is 2. The highest BCUT2D eigenvalue weighted by molar-refractivity contribution is 5.92. The third-order valence-corrected chi connectivity index (χ3v) is 3.28. The average molecular weight is 222 g/mol. The Hall–Kier alpha value is -1.36. The van der Waals surface area contributed by atoms with Gasteiger partial charge in [0.05, 0.1) is 12.5 Å². The smallest absolute Gasteiger partial charge is 0.269 e. The first-order valence-corrected chi connectivity index (χ1v) is 5.80. The Morgan fingerprint density at radius 2 is 2.38 bits per heavy atom. The molecule has 5 nitrogen and oxygen atoms in total. The van der Waals surface area contributed by atoms with Gasteiger partial charge in [-0.15, -0.1) is 0 Å². The van der Waals surface area contributed by atoms with Crippen LogP contribution in [-0.2, 0) is 0 Å². The maximum absolute atomic E-state index is 11.8. The van der Waals surface area contributed by atoms with Gasteiger partial charge in [0.25, 0.3) is 5.91 Å². The molecule has 0 saturated heterocycles. The molecular formula is C11H18N4O. The molecule has 1 aliphatic carbocycles. The van der Waals surface area contributed by atoms with Crippen molar-refractivity contribution in [1.82, 2.24) is 15.3 Å². The minimum absolute atomic E-state index is 0.0956. The molecule has 16 heavy (non-hydrogen) atoms. The molecule has 5 heteroatoms. The first-order valence-electron chi connectivity index (χ1n) is 5.80. The first-order chi connectivity index (χ1) is 7.81. The maximum Gasteiger partial charge on any atom is 0.269 e. The fourth-order valence-corrected chi connectivity index (χ4v) is 2.36. The molecular weight excluding hydrogens is 204 g/mol. The van der Waals surface area contributed by atoms with Gasteiger partial charge >= 0.3 is 0 Å². The number of imidazole rings is 1. The molecule has 1 aromatic heterocycles. The van der Waals surface area contributed by atoms with Gasteiger partial charge in [0, 0.05) is 12.6 Å². The predicted octanol–water partition coefficient (Wildman–Crippen LogP) is 0.657. The van der Waals surface area contributed by atoms with Crippen molar-refractivity contribution in [2.45, 2.75) is 31.7 Å². The van der Waals surface area contributed by atoms with Crippen LogP contribution >= 0.6 is 0 Å². The van der Waals surface area contributed by atoms with Gasteiger partial charge in [0.1, 0.15) is 5.69 Å². The van der Waals surface area contributed by atoms with E-state index in [1.165, 1.54) is 38.2 Å². The van der Waals surface area contributed by atoms with Crippen molar-refractivity contribution in [3.05, 3.63) is 18.2 Å². The number of hydrogen-bond donors (Lipinski definition) is 3. The molecule has 0 radical (unpaired) electrons. The van der Waals surface area contributed by atoms with E-state index in [0.29, 0.717) is 18.2 Å². The van der Waals surface area contributed by atoms with Gasteiger partial charge in [-0.1, -0.05) is 12.8 Å². The molecule has 0 aliphatic heterocycles. The topological polar surface area (TPSA) is 83.8 Å². The predicted molar refractivity (Wildman–Crippen MR) is 60.9 cm³/mol. The Balaban J connectivity index is 1.93. The standard InChI is InChI=1S/C11H18N4O/c12-5-9(8-3-1-2-4-8)15-11(16)10-6-13-7-14-10/h6-9H,1-5,12H2,(H,13,14)(H,15,16). The number of carbonyl (C=O) groups is 1. The van der Waals surface area contributed by atoms with Crippen molar-refractivity contribution in [3.8, 4) is 0 Å². The van der Waals surface area contributed by atoms with Crippen LogP contribution in [0.5, 0.6) is 0 Å². The van der Waals surface area contributed by atoms with Crippen molar-refractivity contribution in [2.75, 3.05) is 6.54 Å². The number of nitrogens with two attached hydrogens (primary N) is 1. The molecule has 1 aliphatic rings. The molecule has 1 aromatic rings. The molecule has 1 saturated carbocycles. The Morgan fingerprint density at radius 3 is 2.94 bits per heavy atom. The normalized spacial score (nSPS) is 18.6. The van der Waals surface area contributed by atoms with Gasteiger partial charge in [-0.25, -0.2) is 4.98 Å². The van der Waals surface area contributed by atoms with Crippen molar-refractivity contribution >= 4 is 5.91 Å². The highest BCUT2D eigenvalue weighted by Crippen LogP contribution is 2.27. The lowest BCUT2D eigenvalue weighted by Crippen LogP contribution is -2.44. The summed E-state index contributed by atoms with van der Waals surface area (Å²) in [4.78, 5) is 18.4. The molecule has 0 aromatic carbocycles. The molecule has 1 heterocycles. The molecule has 1 unspecified atom stereocenters. The van der Waals surface area contributed by atoms with Gasteiger partial charge in [-0.05, 0) is 18.8 Å². The highest BCUT2D eigenvalue weighted by atomic mass is 16.2. The molecule has 1 atom stereocenters. The van der Waals surface area contributed by atoms with Gasteiger partial charge < -0.3 is 16.0 Å². The van der Waals surface area contributed by atoms with Crippen LogP contribution in [-0.4, -0.2) is 28.5 Å². The largest absolute Gasteiger partial charge is 0.346 e. The quantitative estimate of drug-likeness (QED) is 0.699. The summed E-state index contributed by atoms with van der Waals surface area (Å²) in [5, 5.41) is 2.98. The number of carbonyl (C=O) groups excluding carboxylic acids is 1. The van der Waals surface area contributed by atoms with E-state index in [1.54, 1.807) is 0 Å². The van der Waals surface area contributed by atoms with Gasteiger partial charge in [0.2, 0.25) is 0 Å². The minimum atomic E-state index is -0.111. The Bertz CT molecular complexity index is 330. The Labute approximate surface area is 94.8 Å². The van der Waals surface area contributed by atoms with Crippen LogP contribution in [0.4, 0.5) is 0 Å². The summed E-state index contributed by atoms with van der Waals surface area (Å²) in [6.07, 6.45) is 7.87. The molecule has 2 rings (SSSR count). The summed E-state index contributed by atoms with van der Waals surface area (Å²) in [6.45, 7) is 0.505. The molecule has 4 N–H and O–H groups in total. The van der Waals surface area contributed by atoms with Crippen LogP contribution < -0.4 is 11.1 Å². The van der Waals surface area contributed by atoms with E-state index in [-0.39, 0.29) is 11.9 Å². The van der Waals surface area contributed by atoms with E-state index >= 15 is 0 Å². The summed E-state index contributed by atoms with van der Waals surface area (Å²) >= 11 is 0. The van der Waals surface area contributed by atoms with Crippen LogP contribution in [0, 0.1) is 5.92 Å². The number of nitrogens with one attached hydrogen (secondary N) is 2. The average Bonchev–Trinajstić information content (AvgIpc) is 2.96. The zero-order valence-electron chi connectivity index (χ0n) is 9.28. The van der Waals surface area contributed by atoms with E-state index in [0.717, 1.165) is 0 Å². The fraction of sp³-hybridized carbons (Fsp3) is 0.636. The number of hydrogen-bond acceptors (Lipinski definition) is 3. The summed E-state index contributed by atoms with van der Waals surface area (Å²) in [5.41, 5.74) is 6.21. The van der Waals surface area contributed by atoms with Crippen molar-refractivity contribution in [2.24, 2.45) is 11.7 Å². The number of aromatic amines is 1. The molecule has 0 bridgehead atoms. The van der Waals surface area contributed by atoms with E-state index in [1.807, 2.05) is 0 Å². The molecule has 1 amide bonds. The van der Waals surface area contributed by atoms with Crippen LogP contribution in [0.1, 0.15) is 36.2 Å². The second-order valence-electron chi connectivity index (χ2n) is 4.33. The minimum Gasteiger partial charge on any atom is -0.346 e. The maximum atomic E-state index is 11.8. The van der Waals surface area contributed by atoms with Crippen molar-refractivity contribution in [3.63, 3.8) is 0 Å². The number of nitrogens with zero attached hydrogens (tertiary/aromatic N) is 1. The lowest BCUT2D eigenvalue weighted by atomic mass is 9.98. The van der Waals surface area contributed by atoms with E-state index in [4.69, 9.17) is 5.73 Å². The van der Waals surface area contributed by atoms with Crippen LogP contribution in [0.15, 0.2) is 12.5 Å². The number of rotatable bonds is 4. The summed E-state index contributed by atoms with van der Waals surface area (Å²) in [7, 11) is 0. The van der Waals surface area contributed by atoms with Gasteiger partial charge in [-0.2, -0.15) is 0 Å². The van der Waals surface area contributed by atoms with Crippen LogP contribution in [0.3, 0.4) is 0 Å².